The highest BCUT2D eigenvalue weighted by atomic mass is 79.9. The maximum absolute atomic E-state index is 13.2. The van der Waals surface area contributed by atoms with Crippen molar-refractivity contribution >= 4 is 21.8 Å². The number of carbonyl (C=O) groups is 1. The summed E-state index contributed by atoms with van der Waals surface area (Å²) in [6.07, 6.45) is 0.761. The molecule has 0 heterocycles. The summed E-state index contributed by atoms with van der Waals surface area (Å²) in [5.41, 5.74) is 3.86. The molecule has 0 radical (unpaired) electrons. The number of aromatic hydroxyl groups is 1. The predicted octanol–water partition coefficient (Wildman–Crippen LogP) is 5.35. The van der Waals surface area contributed by atoms with Gasteiger partial charge in [0.15, 0.2) is 0 Å². The van der Waals surface area contributed by atoms with Gasteiger partial charge in [0.25, 0.3) is 5.91 Å². The van der Waals surface area contributed by atoms with Crippen LogP contribution in [0, 0.1) is 6.92 Å². The number of hydrogen-bond donors (Lipinski definition) is 1. The smallest absolute Gasteiger partial charge is 0.254 e. The number of amides is 1. The lowest BCUT2D eigenvalue weighted by Gasteiger charge is -2.24. The fraction of sp³-hybridized carbons (Fsp3) is 0.174. The van der Waals surface area contributed by atoms with Crippen molar-refractivity contribution in [2.45, 2.75) is 19.9 Å². The molecular formula is C23H22BrNO2. The number of phenols is 1. The molecule has 0 saturated carbocycles. The molecule has 3 nitrogen and oxygen atoms in total. The highest BCUT2D eigenvalue weighted by molar-refractivity contribution is 9.10. The minimum absolute atomic E-state index is 0.0215. The lowest BCUT2D eigenvalue weighted by molar-refractivity contribution is 0.0744. The molecular weight excluding hydrogens is 402 g/mol. The van der Waals surface area contributed by atoms with E-state index in [1.165, 1.54) is 5.56 Å². The van der Waals surface area contributed by atoms with E-state index in [4.69, 9.17) is 0 Å². The quantitative estimate of drug-likeness (QED) is 0.580. The molecule has 0 fully saturated rings. The molecule has 0 aliphatic heterocycles. The van der Waals surface area contributed by atoms with Crippen LogP contribution in [0.15, 0.2) is 77.3 Å². The highest BCUT2D eigenvalue weighted by Gasteiger charge is 2.18. The molecule has 3 aromatic rings. The molecule has 0 spiro atoms. The van der Waals surface area contributed by atoms with Crippen molar-refractivity contribution < 1.29 is 9.90 Å². The molecule has 1 amide bonds. The lowest BCUT2D eigenvalue weighted by atomic mass is 10.1. The van der Waals surface area contributed by atoms with E-state index in [9.17, 15) is 9.90 Å². The molecule has 27 heavy (non-hydrogen) atoms. The Kier molecular flexibility index (Phi) is 6.30. The van der Waals surface area contributed by atoms with E-state index in [-0.39, 0.29) is 11.7 Å². The van der Waals surface area contributed by atoms with Crippen molar-refractivity contribution in [2.75, 3.05) is 6.54 Å². The van der Waals surface area contributed by atoms with Crippen LogP contribution in [0.2, 0.25) is 0 Å². The largest absolute Gasteiger partial charge is 0.508 e. The summed E-state index contributed by atoms with van der Waals surface area (Å²) in [5.74, 6) is 0.247. The monoisotopic (exact) mass is 423 g/mol. The van der Waals surface area contributed by atoms with E-state index in [1.54, 1.807) is 12.1 Å². The fourth-order valence-electron chi connectivity index (χ4n) is 3.01. The van der Waals surface area contributed by atoms with Gasteiger partial charge >= 0.3 is 0 Å². The zero-order valence-electron chi connectivity index (χ0n) is 15.2. The summed E-state index contributed by atoms with van der Waals surface area (Å²) in [6, 6.07) is 22.8. The number of aryl methyl sites for hydroxylation is 1. The number of carbonyl (C=O) groups excluding carboxylic acids is 1. The van der Waals surface area contributed by atoms with Gasteiger partial charge in [-0.15, -0.1) is 0 Å². The molecule has 0 bridgehead atoms. The molecule has 0 saturated heterocycles. The van der Waals surface area contributed by atoms with E-state index in [0.29, 0.717) is 13.1 Å². The molecule has 3 rings (SSSR count). The summed E-state index contributed by atoms with van der Waals surface area (Å²) in [7, 11) is 0. The number of rotatable bonds is 6. The number of hydrogen-bond acceptors (Lipinski definition) is 2. The van der Waals surface area contributed by atoms with Crippen molar-refractivity contribution in [3.63, 3.8) is 0 Å². The van der Waals surface area contributed by atoms with E-state index in [0.717, 1.165) is 27.6 Å². The first-order valence-electron chi connectivity index (χ1n) is 8.91. The highest BCUT2D eigenvalue weighted by Crippen LogP contribution is 2.19. The Morgan fingerprint density at radius 2 is 1.63 bits per heavy atom. The van der Waals surface area contributed by atoms with Gasteiger partial charge in [-0.1, -0.05) is 64.5 Å². The van der Waals surface area contributed by atoms with E-state index in [2.05, 4.69) is 22.0 Å². The fourth-order valence-corrected chi connectivity index (χ4v) is 3.50. The van der Waals surface area contributed by atoms with Gasteiger partial charge in [0, 0.05) is 23.1 Å². The average Bonchev–Trinajstić information content (AvgIpc) is 2.67. The standard InChI is InChI=1S/C23H22BrNO2/c1-17-6-2-4-8-21(17)23(27)25(16-18-10-12-20(26)13-11-18)15-14-19-7-3-5-9-22(19)24/h2-13,26H,14-16H2,1H3. The van der Waals surface area contributed by atoms with Crippen LogP contribution in [-0.2, 0) is 13.0 Å². The van der Waals surface area contributed by atoms with Crippen LogP contribution in [-0.4, -0.2) is 22.5 Å². The van der Waals surface area contributed by atoms with E-state index in [1.807, 2.05) is 66.4 Å². The number of benzene rings is 3. The molecule has 0 aliphatic rings. The van der Waals surface area contributed by atoms with Crippen LogP contribution in [0.5, 0.6) is 5.75 Å². The van der Waals surface area contributed by atoms with Gasteiger partial charge < -0.3 is 10.0 Å². The average molecular weight is 424 g/mol. The molecule has 0 aliphatic carbocycles. The topological polar surface area (TPSA) is 40.5 Å². The number of halogens is 1. The van der Waals surface area contributed by atoms with Crippen LogP contribution < -0.4 is 0 Å². The van der Waals surface area contributed by atoms with Crippen molar-refractivity contribution in [3.05, 3.63) is 99.5 Å². The van der Waals surface area contributed by atoms with Crippen molar-refractivity contribution in [2.24, 2.45) is 0 Å². The van der Waals surface area contributed by atoms with Gasteiger partial charge in [0.1, 0.15) is 5.75 Å². The second-order valence-electron chi connectivity index (χ2n) is 6.55. The lowest BCUT2D eigenvalue weighted by Crippen LogP contribution is -2.33. The van der Waals surface area contributed by atoms with Crippen LogP contribution in [0.25, 0.3) is 0 Å². The van der Waals surface area contributed by atoms with Gasteiger partial charge in [-0.3, -0.25) is 4.79 Å². The maximum atomic E-state index is 13.2. The molecule has 138 valence electrons. The molecule has 3 aromatic carbocycles. The Morgan fingerprint density at radius 1 is 0.963 bits per heavy atom. The predicted molar refractivity (Wildman–Crippen MR) is 112 cm³/mol. The summed E-state index contributed by atoms with van der Waals surface area (Å²) >= 11 is 3.58. The zero-order valence-corrected chi connectivity index (χ0v) is 16.8. The van der Waals surface area contributed by atoms with Gasteiger partial charge in [0.05, 0.1) is 0 Å². The Morgan fingerprint density at radius 3 is 2.33 bits per heavy atom. The summed E-state index contributed by atoms with van der Waals surface area (Å²) in [5, 5.41) is 9.51. The van der Waals surface area contributed by atoms with Crippen molar-refractivity contribution in [1.29, 1.82) is 0 Å². The van der Waals surface area contributed by atoms with Gasteiger partial charge in [-0.2, -0.15) is 0 Å². The molecule has 1 N–H and O–H groups in total. The second kappa shape index (κ2) is 8.87. The molecule has 0 atom stereocenters. The van der Waals surface area contributed by atoms with Gasteiger partial charge in [0.2, 0.25) is 0 Å². The number of phenolic OH excluding ortho intramolecular Hbond substituents is 1. The molecule has 4 heteroatoms. The first-order valence-corrected chi connectivity index (χ1v) is 9.70. The second-order valence-corrected chi connectivity index (χ2v) is 7.40. The Labute approximate surface area is 168 Å². The minimum atomic E-state index is 0.0215. The maximum Gasteiger partial charge on any atom is 0.254 e. The van der Waals surface area contributed by atoms with Gasteiger partial charge in [-0.25, -0.2) is 0 Å². The zero-order chi connectivity index (χ0) is 19.2. The summed E-state index contributed by atoms with van der Waals surface area (Å²) in [4.78, 5) is 15.1. The normalized spacial score (nSPS) is 10.6. The van der Waals surface area contributed by atoms with Crippen molar-refractivity contribution in [3.8, 4) is 5.75 Å². The summed E-state index contributed by atoms with van der Waals surface area (Å²) < 4.78 is 1.05. The minimum Gasteiger partial charge on any atom is -0.508 e. The van der Waals surface area contributed by atoms with Crippen molar-refractivity contribution in [1.82, 2.24) is 4.90 Å². The molecule has 0 unspecified atom stereocenters. The third-order valence-corrected chi connectivity index (χ3v) is 5.35. The Bertz CT molecular complexity index is 922. The summed E-state index contributed by atoms with van der Waals surface area (Å²) in [6.45, 7) is 3.06. The SMILES string of the molecule is Cc1ccccc1C(=O)N(CCc1ccccc1Br)Cc1ccc(O)cc1. The third kappa shape index (κ3) is 4.98. The van der Waals surface area contributed by atoms with Crippen LogP contribution in [0.4, 0.5) is 0 Å². The third-order valence-electron chi connectivity index (χ3n) is 4.58. The Hall–Kier alpha value is -2.59. The first kappa shape index (κ1) is 19.2. The Balaban J connectivity index is 1.83. The van der Waals surface area contributed by atoms with Crippen LogP contribution >= 0.6 is 15.9 Å². The van der Waals surface area contributed by atoms with Crippen LogP contribution in [0.1, 0.15) is 27.0 Å². The molecule has 0 aromatic heterocycles. The van der Waals surface area contributed by atoms with E-state index < -0.39 is 0 Å². The number of nitrogens with zero attached hydrogens (tertiary/aromatic N) is 1. The first-order chi connectivity index (χ1) is 13.0. The van der Waals surface area contributed by atoms with Gasteiger partial charge in [-0.05, 0) is 54.3 Å². The van der Waals surface area contributed by atoms with Crippen LogP contribution in [0.3, 0.4) is 0 Å². The van der Waals surface area contributed by atoms with E-state index >= 15 is 0 Å².